The van der Waals surface area contributed by atoms with E-state index in [1.54, 1.807) is 39.5 Å². The number of aryl methyl sites for hydroxylation is 1. The second-order valence-electron chi connectivity index (χ2n) is 8.40. The van der Waals surface area contributed by atoms with Crippen LogP contribution in [0.25, 0.3) is 0 Å². The Hall–Kier alpha value is -2.43. The molecular weight excluding hydrogens is 418 g/mol. The highest BCUT2D eigenvalue weighted by atomic mass is 32.2. The summed E-state index contributed by atoms with van der Waals surface area (Å²) in [5.74, 6) is 0.233. The standard InChI is InChI=1S/C21H29N5O4S/c1-15-14-16(23-22-15)21(27)25-10-8-17-18(9-11-25)30-19-6-4-5-7-20(19)31(28,29)26(17)13-12-24(2)3/h4-7,14,17-18H,8-13H2,1-3H3,(H,22,23)/t17-,18+/m1/s1. The first kappa shape index (κ1) is 21.8. The number of carbonyl (C=O) groups excluding carboxylic acids is 1. The van der Waals surface area contributed by atoms with E-state index in [2.05, 4.69) is 10.2 Å². The van der Waals surface area contributed by atoms with Crippen molar-refractivity contribution in [1.82, 2.24) is 24.3 Å². The fraction of sp³-hybridized carbons (Fsp3) is 0.524. The van der Waals surface area contributed by atoms with Gasteiger partial charge in [0.15, 0.2) is 0 Å². The third-order valence-corrected chi connectivity index (χ3v) is 7.84. The van der Waals surface area contributed by atoms with E-state index in [1.807, 2.05) is 25.9 Å². The van der Waals surface area contributed by atoms with Crippen molar-refractivity contribution >= 4 is 15.9 Å². The lowest BCUT2D eigenvalue weighted by Crippen LogP contribution is -2.49. The molecule has 0 spiro atoms. The van der Waals surface area contributed by atoms with Gasteiger partial charge in [-0.25, -0.2) is 8.42 Å². The highest BCUT2D eigenvalue weighted by Gasteiger charge is 2.43. The van der Waals surface area contributed by atoms with Crippen LogP contribution < -0.4 is 4.74 Å². The van der Waals surface area contributed by atoms with Crippen molar-refractivity contribution in [3.05, 3.63) is 41.7 Å². The molecule has 2 aliphatic heterocycles. The second kappa shape index (κ2) is 8.60. The average Bonchev–Trinajstić information content (AvgIpc) is 3.02. The van der Waals surface area contributed by atoms with Gasteiger partial charge in [0.1, 0.15) is 22.4 Å². The van der Waals surface area contributed by atoms with Crippen LogP contribution in [0.1, 0.15) is 29.0 Å². The molecule has 0 unspecified atom stereocenters. The van der Waals surface area contributed by atoms with Crippen LogP contribution in [0.2, 0.25) is 0 Å². The highest BCUT2D eigenvalue weighted by Crippen LogP contribution is 2.36. The van der Waals surface area contributed by atoms with Gasteiger partial charge in [-0.05, 0) is 45.6 Å². The summed E-state index contributed by atoms with van der Waals surface area (Å²) in [4.78, 5) is 16.8. The number of H-pyrrole nitrogens is 1. The summed E-state index contributed by atoms with van der Waals surface area (Å²) in [7, 11) is 0.117. The van der Waals surface area contributed by atoms with Crippen LogP contribution in [-0.4, -0.2) is 91.0 Å². The Morgan fingerprint density at radius 1 is 1.26 bits per heavy atom. The first-order valence-corrected chi connectivity index (χ1v) is 11.9. The Labute approximate surface area is 183 Å². The van der Waals surface area contributed by atoms with Gasteiger partial charge in [0.2, 0.25) is 10.0 Å². The number of likely N-dealkylation sites (N-methyl/N-ethyl adjacent to an activating group) is 1. The molecule has 0 radical (unpaired) electrons. The number of amides is 1. The molecule has 1 fully saturated rings. The molecule has 1 aromatic heterocycles. The molecule has 1 N–H and O–H groups in total. The van der Waals surface area contributed by atoms with Crippen molar-refractivity contribution in [2.45, 2.75) is 36.8 Å². The Bertz CT molecular complexity index is 1050. The minimum absolute atomic E-state index is 0.149. The molecule has 1 amide bonds. The highest BCUT2D eigenvalue weighted by molar-refractivity contribution is 7.89. The lowest BCUT2D eigenvalue weighted by molar-refractivity contribution is 0.0749. The van der Waals surface area contributed by atoms with E-state index < -0.39 is 10.0 Å². The molecule has 0 bridgehead atoms. The lowest BCUT2D eigenvalue weighted by Gasteiger charge is -2.32. The Morgan fingerprint density at radius 2 is 2.00 bits per heavy atom. The zero-order valence-electron chi connectivity index (χ0n) is 18.1. The number of para-hydroxylation sites is 1. The number of aromatic nitrogens is 2. The van der Waals surface area contributed by atoms with Gasteiger partial charge in [-0.1, -0.05) is 12.1 Å². The molecule has 10 heteroatoms. The van der Waals surface area contributed by atoms with Gasteiger partial charge in [-0.3, -0.25) is 9.89 Å². The summed E-state index contributed by atoms with van der Waals surface area (Å²) in [6.45, 7) is 3.73. The van der Waals surface area contributed by atoms with E-state index in [1.165, 1.54) is 0 Å². The smallest absolute Gasteiger partial charge is 0.274 e. The van der Waals surface area contributed by atoms with E-state index in [9.17, 15) is 13.2 Å². The number of hydrogen-bond donors (Lipinski definition) is 1. The molecule has 0 saturated carbocycles. The lowest BCUT2D eigenvalue weighted by atomic mass is 10.1. The predicted octanol–water partition coefficient (Wildman–Crippen LogP) is 1.34. The maximum Gasteiger partial charge on any atom is 0.274 e. The SMILES string of the molecule is Cc1cc(C(=O)N2CC[C@@H]3Oc4ccccc4S(=O)(=O)N(CCN(C)C)[C@@H]3CC2)n[nH]1. The zero-order valence-corrected chi connectivity index (χ0v) is 18.9. The third kappa shape index (κ3) is 4.32. The van der Waals surface area contributed by atoms with Gasteiger partial charge in [0.05, 0.1) is 6.04 Å². The van der Waals surface area contributed by atoms with Crippen LogP contribution >= 0.6 is 0 Å². The minimum atomic E-state index is -3.73. The fourth-order valence-electron chi connectivity index (χ4n) is 4.23. The molecule has 1 saturated heterocycles. The van der Waals surface area contributed by atoms with E-state index in [4.69, 9.17) is 4.74 Å². The van der Waals surface area contributed by atoms with Crippen molar-refractivity contribution in [2.75, 3.05) is 40.3 Å². The third-order valence-electron chi connectivity index (χ3n) is 5.87. The summed E-state index contributed by atoms with van der Waals surface area (Å²) in [5, 5.41) is 6.89. The summed E-state index contributed by atoms with van der Waals surface area (Å²) in [6, 6.07) is 8.19. The number of nitrogens with zero attached hydrogens (tertiary/aromatic N) is 4. The van der Waals surface area contributed by atoms with E-state index in [0.717, 1.165) is 5.69 Å². The molecule has 0 aliphatic carbocycles. The molecule has 3 heterocycles. The number of nitrogens with one attached hydrogen (secondary N) is 1. The minimum Gasteiger partial charge on any atom is -0.487 e. The summed E-state index contributed by atoms with van der Waals surface area (Å²) >= 11 is 0. The molecule has 1 aromatic carbocycles. The van der Waals surface area contributed by atoms with Gasteiger partial charge in [0, 0.05) is 38.3 Å². The van der Waals surface area contributed by atoms with Crippen LogP contribution in [0, 0.1) is 6.92 Å². The Morgan fingerprint density at radius 3 is 2.71 bits per heavy atom. The molecule has 168 valence electrons. The van der Waals surface area contributed by atoms with Crippen LogP contribution in [0.15, 0.2) is 35.2 Å². The van der Waals surface area contributed by atoms with E-state index in [0.29, 0.717) is 50.5 Å². The van der Waals surface area contributed by atoms with Gasteiger partial charge in [-0.15, -0.1) is 0 Å². The number of ether oxygens (including phenoxy) is 1. The van der Waals surface area contributed by atoms with E-state index in [-0.39, 0.29) is 22.9 Å². The van der Waals surface area contributed by atoms with Crippen molar-refractivity contribution in [1.29, 1.82) is 0 Å². The van der Waals surface area contributed by atoms with Gasteiger partial charge in [-0.2, -0.15) is 9.40 Å². The number of fused-ring (bicyclic) bond motifs is 2. The topological polar surface area (TPSA) is 98.8 Å². The Balaban J connectivity index is 1.65. The monoisotopic (exact) mass is 447 g/mol. The molecule has 9 nitrogen and oxygen atoms in total. The summed E-state index contributed by atoms with van der Waals surface area (Å²) in [6.07, 6.45) is 0.710. The molecule has 2 aromatic rings. The maximum absolute atomic E-state index is 13.6. The number of likely N-dealkylation sites (tertiary alicyclic amines) is 1. The summed E-state index contributed by atoms with van der Waals surface area (Å²) in [5.41, 5.74) is 1.20. The second-order valence-corrected chi connectivity index (χ2v) is 10.3. The normalized spacial score (nSPS) is 23.4. The molecule has 2 aliphatic rings. The average molecular weight is 448 g/mol. The van der Waals surface area contributed by atoms with Crippen LogP contribution in [0.5, 0.6) is 5.75 Å². The quantitative estimate of drug-likeness (QED) is 0.759. The van der Waals surface area contributed by atoms with Crippen molar-refractivity contribution in [3.8, 4) is 5.75 Å². The fourth-order valence-corrected chi connectivity index (χ4v) is 6.03. The van der Waals surface area contributed by atoms with Crippen LogP contribution in [0.4, 0.5) is 0 Å². The van der Waals surface area contributed by atoms with Crippen molar-refractivity contribution in [3.63, 3.8) is 0 Å². The molecule has 4 rings (SSSR count). The number of sulfonamides is 1. The van der Waals surface area contributed by atoms with Gasteiger partial charge in [0.25, 0.3) is 5.91 Å². The van der Waals surface area contributed by atoms with Crippen LogP contribution in [-0.2, 0) is 10.0 Å². The van der Waals surface area contributed by atoms with E-state index >= 15 is 0 Å². The zero-order chi connectivity index (χ0) is 22.2. The molecule has 2 atom stereocenters. The number of aromatic amines is 1. The Kier molecular flexibility index (Phi) is 6.05. The maximum atomic E-state index is 13.6. The predicted molar refractivity (Wildman–Crippen MR) is 116 cm³/mol. The van der Waals surface area contributed by atoms with Crippen LogP contribution in [0.3, 0.4) is 0 Å². The number of benzene rings is 1. The first-order chi connectivity index (χ1) is 14.8. The largest absolute Gasteiger partial charge is 0.487 e. The summed E-state index contributed by atoms with van der Waals surface area (Å²) < 4.78 is 35.0. The number of rotatable bonds is 4. The number of carbonyl (C=O) groups is 1. The number of hydrogen-bond acceptors (Lipinski definition) is 6. The molecule has 31 heavy (non-hydrogen) atoms. The van der Waals surface area contributed by atoms with Crippen molar-refractivity contribution in [2.24, 2.45) is 0 Å². The first-order valence-electron chi connectivity index (χ1n) is 10.5. The molecular formula is C21H29N5O4S. The van der Waals surface area contributed by atoms with Crippen molar-refractivity contribution < 1.29 is 17.9 Å². The van der Waals surface area contributed by atoms with Gasteiger partial charge < -0.3 is 14.5 Å². The van der Waals surface area contributed by atoms with Gasteiger partial charge >= 0.3 is 0 Å².